The van der Waals surface area contributed by atoms with Gasteiger partial charge >= 0.3 is 0 Å². The van der Waals surface area contributed by atoms with Crippen molar-refractivity contribution < 1.29 is 4.79 Å². The van der Waals surface area contributed by atoms with E-state index in [4.69, 9.17) is 0 Å². The second kappa shape index (κ2) is 7.17. The Morgan fingerprint density at radius 3 is 2.62 bits per heavy atom. The maximum atomic E-state index is 12.4. The van der Waals surface area contributed by atoms with Gasteiger partial charge in [-0.3, -0.25) is 24.9 Å². The van der Waals surface area contributed by atoms with Gasteiger partial charge in [-0.1, -0.05) is 12.8 Å². The highest BCUT2D eigenvalue weighted by Gasteiger charge is 2.39. The van der Waals surface area contributed by atoms with Gasteiger partial charge in [0.25, 0.3) is 0 Å². The van der Waals surface area contributed by atoms with Gasteiger partial charge in [0.2, 0.25) is 5.91 Å². The number of carbonyl (C=O) groups excluding carboxylic acids is 1. The maximum absolute atomic E-state index is 12.4. The number of rotatable bonds is 3. The van der Waals surface area contributed by atoms with Gasteiger partial charge in [0.05, 0.1) is 5.92 Å². The van der Waals surface area contributed by atoms with Gasteiger partial charge in [0.1, 0.15) is 6.29 Å². The predicted molar refractivity (Wildman–Crippen MR) is 91.9 cm³/mol. The first-order chi connectivity index (χ1) is 11.8. The lowest BCUT2D eigenvalue weighted by Crippen LogP contribution is -2.69. The number of nitrogens with zero attached hydrogens (tertiary/aromatic N) is 3. The Labute approximate surface area is 143 Å². The molecule has 3 atom stereocenters. The number of hydrogen-bond acceptors (Lipinski definition) is 5. The Balaban J connectivity index is 1.30. The Hall–Kier alpha value is -1.50. The average Bonchev–Trinajstić information content (AvgIpc) is 2.63. The monoisotopic (exact) mass is 329 g/mol. The molecule has 1 amide bonds. The first-order valence-electron chi connectivity index (χ1n) is 9.21. The number of fused-ring (bicyclic) bond motifs is 1. The first kappa shape index (κ1) is 16.0. The van der Waals surface area contributed by atoms with Crippen LogP contribution in [0.15, 0.2) is 24.5 Å². The highest BCUT2D eigenvalue weighted by molar-refractivity contribution is 5.80. The van der Waals surface area contributed by atoms with Crippen LogP contribution in [0, 0.1) is 5.92 Å². The molecular formula is C18H27N5O. The fourth-order valence-electron chi connectivity index (χ4n) is 4.25. The predicted octanol–water partition coefficient (Wildman–Crippen LogP) is 0.761. The molecule has 3 heterocycles. The molecule has 3 fully saturated rings. The summed E-state index contributed by atoms with van der Waals surface area (Å²) in [7, 11) is 0. The van der Waals surface area contributed by atoms with E-state index in [0.717, 1.165) is 45.6 Å². The number of pyridine rings is 1. The number of amides is 1. The Morgan fingerprint density at radius 2 is 1.83 bits per heavy atom. The van der Waals surface area contributed by atoms with Crippen molar-refractivity contribution in [3.05, 3.63) is 30.1 Å². The Bertz CT molecular complexity index is 558. The summed E-state index contributed by atoms with van der Waals surface area (Å²) in [5.74, 6) is 0.436. The van der Waals surface area contributed by atoms with E-state index in [1.165, 1.54) is 18.4 Å². The molecule has 1 aliphatic carbocycles. The van der Waals surface area contributed by atoms with Crippen molar-refractivity contribution in [3.63, 3.8) is 0 Å². The summed E-state index contributed by atoms with van der Waals surface area (Å²) in [6.45, 7) is 5.02. The van der Waals surface area contributed by atoms with Crippen molar-refractivity contribution in [2.75, 3.05) is 26.2 Å². The SMILES string of the molecule is O=C1NC(N2CCN(Cc3ccncc3)CC2)NC2CCCCC12. The first-order valence-corrected chi connectivity index (χ1v) is 9.21. The zero-order valence-corrected chi connectivity index (χ0v) is 14.2. The molecule has 0 bridgehead atoms. The largest absolute Gasteiger partial charge is 0.328 e. The van der Waals surface area contributed by atoms with Gasteiger partial charge in [-0.2, -0.15) is 0 Å². The minimum Gasteiger partial charge on any atom is -0.328 e. The van der Waals surface area contributed by atoms with Crippen molar-refractivity contribution in [2.45, 2.75) is 44.6 Å². The molecule has 130 valence electrons. The van der Waals surface area contributed by atoms with Crippen molar-refractivity contribution in [1.82, 2.24) is 25.4 Å². The van der Waals surface area contributed by atoms with Gasteiger partial charge < -0.3 is 5.32 Å². The van der Waals surface area contributed by atoms with Crippen molar-refractivity contribution >= 4 is 5.91 Å². The number of carbonyl (C=O) groups is 1. The fraction of sp³-hybridized carbons (Fsp3) is 0.667. The average molecular weight is 329 g/mol. The minimum absolute atomic E-state index is 0.0138. The molecule has 0 aromatic carbocycles. The van der Waals surface area contributed by atoms with Crippen molar-refractivity contribution in [2.24, 2.45) is 5.92 Å². The molecule has 1 saturated carbocycles. The molecule has 6 nitrogen and oxygen atoms in total. The molecule has 1 aromatic rings. The van der Waals surface area contributed by atoms with Gasteiger partial charge in [-0.25, -0.2) is 0 Å². The number of aromatic nitrogens is 1. The summed E-state index contributed by atoms with van der Waals surface area (Å²) < 4.78 is 0. The van der Waals surface area contributed by atoms with Gasteiger partial charge in [-0.15, -0.1) is 0 Å². The molecule has 3 unspecified atom stereocenters. The number of piperazine rings is 1. The topological polar surface area (TPSA) is 60.5 Å². The number of hydrogen-bond donors (Lipinski definition) is 2. The summed E-state index contributed by atoms with van der Waals surface area (Å²) >= 11 is 0. The third-order valence-corrected chi connectivity index (χ3v) is 5.68. The molecule has 1 aromatic heterocycles. The lowest BCUT2D eigenvalue weighted by atomic mass is 9.82. The van der Waals surface area contributed by atoms with E-state index >= 15 is 0 Å². The smallest absolute Gasteiger partial charge is 0.226 e. The van der Waals surface area contributed by atoms with Crippen molar-refractivity contribution in [3.8, 4) is 0 Å². The molecule has 2 saturated heterocycles. The summed E-state index contributed by atoms with van der Waals surface area (Å²) in [6, 6.07) is 4.53. The third-order valence-electron chi connectivity index (χ3n) is 5.68. The van der Waals surface area contributed by atoms with E-state index in [2.05, 4.69) is 37.6 Å². The number of nitrogens with one attached hydrogen (secondary N) is 2. The quantitative estimate of drug-likeness (QED) is 0.857. The highest BCUT2D eigenvalue weighted by atomic mass is 16.2. The molecule has 2 N–H and O–H groups in total. The molecule has 3 aliphatic rings. The van der Waals surface area contributed by atoms with Crippen LogP contribution in [0.1, 0.15) is 31.2 Å². The normalized spacial score (nSPS) is 32.2. The molecule has 0 spiro atoms. The van der Waals surface area contributed by atoms with E-state index < -0.39 is 0 Å². The van der Waals surface area contributed by atoms with Crippen molar-refractivity contribution in [1.29, 1.82) is 0 Å². The summed E-state index contributed by atoms with van der Waals surface area (Å²) in [4.78, 5) is 21.3. The van der Waals surface area contributed by atoms with Crippen LogP contribution >= 0.6 is 0 Å². The Morgan fingerprint density at radius 1 is 1.08 bits per heavy atom. The van der Waals surface area contributed by atoms with Crippen LogP contribution in [0.5, 0.6) is 0 Å². The molecule has 2 aliphatic heterocycles. The standard InChI is InChI=1S/C18H27N5O/c24-17-15-3-1-2-4-16(15)20-18(21-17)23-11-9-22(10-12-23)13-14-5-7-19-8-6-14/h5-8,15-16,18,20H,1-4,9-13H2,(H,21,24). The van der Waals surface area contributed by atoms with Crippen LogP contribution < -0.4 is 10.6 Å². The molecule has 4 rings (SSSR count). The van der Waals surface area contributed by atoms with E-state index in [-0.39, 0.29) is 18.1 Å². The second-order valence-electron chi connectivity index (χ2n) is 7.24. The van der Waals surface area contributed by atoms with Crippen LogP contribution in [0.25, 0.3) is 0 Å². The lowest BCUT2D eigenvalue weighted by Gasteiger charge is -2.46. The van der Waals surface area contributed by atoms with Crippen LogP contribution in [0.4, 0.5) is 0 Å². The van der Waals surface area contributed by atoms with E-state index in [1.807, 2.05) is 12.4 Å². The highest BCUT2D eigenvalue weighted by Crippen LogP contribution is 2.27. The summed E-state index contributed by atoms with van der Waals surface area (Å²) in [5, 5.41) is 6.89. The fourth-order valence-corrected chi connectivity index (χ4v) is 4.25. The second-order valence-corrected chi connectivity index (χ2v) is 7.24. The molecule has 24 heavy (non-hydrogen) atoms. The molecule has 0 radical (unpaired) electrons. The summed E-state index contributed by atoms with van der Waals surface area (Å²) in [6.07, 6.45) is 8.33. The zero-order valence-electron chi connectivity index (χ0n) is 14.2. The summed E-state index contributed by atoms with van der Waals surface area (Å²) in [5.41, 5.74) is 1.31. The van der Waals surface area contributed by atoms with Gasteiger partial charge in [-0.05, 0) is 30.5 Å². The van der Waals surface area contributed by atoms with Gasteiger partial charge in [0, 0.05) is 51.2 Å². The van der Waals surface area contributed by atoms with E-state index in [9.17, 15) is 4.79 Å². The third kappa shape index (κ3) is 3.45. The molecule has 6 heteroatoms. The van der Waals surface area contributed by atoms with E-state index in [0.29, 0.717) is 6.04 Å². The van der Waals surface area contributed by atoms with Crippen LogP contribution in [-0.4, -0.2) is 59.2 Å². The van der Waals surface area contributed by atoms with Crippen LogP contribution in [0.2, 0.25) is 0 Å². The maximum Gasteiger partial charge on any atom is 0.226 e. The van der Waals surface area contributed by atoms with Crippen LogP contribution in [-0.2, 0) is 11.3 Å². The molecular weight excluding hydrogens is 302 g/mol. The lowest BCUT2D eigenvalue weighted by molar-refractivity contribution is -0.134. The Kier molecular flexibility index (Phi) is 4.78. The minimum atomic E-state index is 0.0138. The zero-order chi connectivity index (χ0) is 16.4. The van der Waals surface area contributed by atoms with Crippen LogP contribution in [0.3, 0.4) is 0 Å². The van der Waals surface area contributed by atoms with Gasteiger partial charge in [0.15, 0.2) is 0 Å². The van der Waals surface area contributed by atoms with E-state index in [1.54, 1.807) is 0 Å².